The summed E-state index contributed by atoms with van der Waals surface area (Å²) in [4.78, 5) is 0. The zero-order valence-corrected chi connectivity index (χ0v) is 7.26. The molecule has 0 spiro atoms. The maximum absolute atomic E-state index is 9.10. The number of aryl methyl sites for hydroxylation is 1. The number of aromatic hydroxyl groups is 1. The van der Waals surface area contributed by atoms with Crippen LogP contribution in [0.3, 0.4) is 0 Å². The van der Waals surface area contributed by atoms with Crippen LogP contribution < -0.4 is 5.73 Å². The summed E-state index contributed by atoms with van der Waals surface area (Å²) in [5.41, 5.74) is 6.60. The van der Waals surface area contributed by atoms with Crippen LogP contribution in [0.5, 0.6) is 5.75 Å². The van der Waals surface area contributed by atoms with Gasteiger partial charge in [-0.25, -0.2) is 0 Å². The fourth-order valence-corrected chi connectivity index (χ4v) is 0.736. The first kappa shape index (κ1) is 9.98. The van der Waals surface area contributed by atoms with E-state index in [9.17, 15) is 0 Å². The second-order valence-electron chi connectivity index (χ2n) is 2.22. The second kappa shape index (κ2) is 4.74. The molecule has 0 atom stereocenters. The highest BCUT2D eigenvalue weighted by Crippen LogP contribution is 2.17. The Morgan fingerprint density at radius 3 is 2.09 bits per heavy atom. The Morgan fingerprint density at radius 2 is 1.73 bits per heavy atom. The molecule has 0 radical (unpaired) electrons. The van der Waals surface area contributed by atoms with E-state index in [1.807, 2.05) is 26.0 Å². The highest BCUT2D eigenvalue weighted by Gasteiger charge is 1.94. The van der Waals surface area contributed by atoms with Crippen LogP contribution in [0.1, 0.15) is 11.1 Å². The molecule has 0 bridgehead atoms. The predicted molar refractivity (Wildman–Crippen MR) is 47.7 cm³/mol. The molecule has 62 valence electrons. The van der Waals surface area contributed by atoms with Gasteiger partial charge in [0.25, 0.3) is 0 Å². The molecule has 1 rings (SSSR count). The van der Waals surface area contributed by atoms with Crippen molar-refractivity contribution in [3.05, 3.63) is 29.3 Å². The number of rotatable bonds is 0. The Labute approximate surface area is 67.7 Å². The summed E-state index contributed by atoms with van der Waals surface area (Å²) in [7, 11) is 1.50. The molecule has 11 heavy (non-hydrogen) atoms. The molecule has 0 heterocycles. The van der Waals surface area contributed by atoms with Crippen molar-refractivity contribution in [2.75, 3.05) is 7.05 Å². The number of hydrogen-bond donors (Lipinski definition) is 2. The van der Waals surface area contributed by atoms with Gasteiger partial charge in [0.15, 0.2) is 0 Å². The first-order chi connectivity index (χ1) is 5.22. The van der Waals surface area contributed by atoms with E-state index in [2.05, 4.69) is 5.73 Å². The first-order valence-electron chi connectivity index (χ1n) is 3.54. The second-order valence-corrected chi connectivity index (χ2v) is 2.22. The van der Waals surface area contributed by atoms with Gasteiger partial charge in [-0.3, -0.25) is 0 Å². The van der Waals surface area contributed by atoms with Crippen molar-refractivity contribution in [1.29, 1.82) is 0 Å². The summed E-state index contributed by atoms with van der Waals surface area (Å²) in [6.07, 6.45) is 0. The summed E-state index contributed by atoms with van der Waals surface area (Å²) in [5.74, 6) is 0.384. The van der Waals surface area contributed by atoms with Crippen LogP contribution in [0.4, 0.5) is 0 Å². The Balaban J connectivity index is 0.000000461. The quantitative estimate of drug-likeness (QED) is 0.594. The van der Waals surface area contributed by atoms with Crippen molar-refractivity contribution in [3.8, 4) is 5.75 Å². The Bertz CT molecular complexity index is 201. The molecule has 0 amide bonds. The highest BCUT2D eigenvalue weighted by molar-refractivity contribution is 5.36. The molecule has 1 aromatic carbocycles. The molecule has 0 fully saturated rings. The van der Waals surface area contributed by atoms with Crippen molar-refractivity contribution in [2.24, 2.45) is 5.73 Å². The molecule has 2 nitrogen and oxygen atoms in total. The standard InChI is InChI=1S/C8H10O.CH5N/c1-6-4-3-5-8(9)7(6)2;1-2/h3-5,9H,1-2H3;2H2,1H3. The zero-order valence-electron chi connectivity index (χ0n) is 7.26. The smallest absolute Gasteiger partial charge is 0.118 e. The molecule has 2 heteroatoms. The summed E-state index contributed by atoms with van der Waals surface area (Å²) in [5, 5.41) is 9.10. The largest absolute Gasteiger partial charge is 0.508 e. The lowest BCUT2D eigenvalue weighted by atomic mass is 10.1. The SMILES string of the molecule is CN.Cc1cccc(O)c1C. The van der Waals surface area contributed by atoms with Gasteiger partial charge < -0.3 is 10.8 Å². The highest BCUT2D eigenvalue weighted by atomic mass is 16.3. The van der Waals surface area contributed by atoms with Crippen molar-refractivity contribution < 1.29 is 5.11 Å². The first-order valence-corrected chi connectivity index (χ1v) is 3.54. The van der Waals surface area contributed by atoms with Gasteiger partial charge in [0.2, 0.25) is 0 Å². The lowest BCUT2D eigenvalue weighted by molar-refractivity contribution is 0.470. The minimum atomic E-state index is 0.384. The van der Waals surface area contributed by atoms with E-state index in [0.29, 0.717) is 5.75 Å². The van der Waals surface area contributed by atoms with Crippen molar-refractivity contribution in [3.63, 3.8) is 0 Å². The molecular formula is C9H15NO. The fraction of sp³-hybridized carbons (Fsp3) is 0.333. The lowest BCUT2D eigenvalue weighted by Gasteiger charge is -1.99. The van der Waals surface area contributed by atoms with Gasteiger partial charge in [-0.05, 0) is 38.1 Å². The number of benzene rings is 1. The van der Waals surface area contributed by atoms with Crippen LogP contribution in [-0.2, 0) is 0 Å². The Morgan fingerprint density at radius 1 is 1.18 bits per heavy atom. The minimum Gasteiger partial charge on any atom is -0.508 e. The molecule has 0 saturated carbocycles. The average Bonchev–Trinajstić information content (AvgIpc) is 2.04. The molecule has 0 saturated heterocycles. The number of phenolic OH excluding ortho intramolecular Hbond substituents is 1. The third-order valence-electron chi connectivity index (χ3n) is 1.58. The van der Waals surface area contributed by atoms with E-state index in [1.54, 1.807) is 6.07 Å². The van der Waals surface area contributed by atoms with Crippen molar-refractivity contribution >= 4 is 0 Å². The van der Waals surface area contributed by atoms with E-state index in [4.69, 9.17) is 5.11 Å². The van der Waals surface area contributed by atoms with Crippen LogP contribution >= 0.6 is 0 Å². The van der Waals surface area contributed by atoms with Crippen molar-refractivity contribution in [2.45, 2.75) is 13.8 Å². The molecule has 0 aromatic heterocycles. The summed E-state index contributed by atoms with van der Waals surface area (Å²) in [6.45, 7) is 3.89. The molecule has 1 aromatic rings. The number of nitrogens with two attached hydrogens (primary N) is 1. The normalized spacial score (nSPS) is 8.36. The lowest BCUT2D eigenvalue weighted by Crippen LogP contribution is -1.78. The van der Waals surface area contributed by atoms with Gasteiger partial charge in [0, 0.05) is 0 Å². The van der Waals surface area contributed by atoms with Gasteiger partial charge >= 0.3 is 0 Å². The summed E-state index contributed by atoms with van der Waals surface area (Å²) >= 11 is 0. The van der Waals surface area contributed by atoms with Crippen LogP contribution in [0.2, 0.25) is 0 Å². The molecule has 0 aliphatic heterocycles. The molecule has 3 N–H and O–H groups in total. The third kappa shape index (κ3) is 2.60. The van der Waals surface area contributed by atoms with Crippen molar-refractivity contribution in [1.82, 2.24) is 0 Å². The summed E-state index contributed by atoms with van der Waals surface area (Å²) in [6, 6.07) is 5.52. The number of phenols is 1. The van der Waals surface area contributed by atoms with Crippen LogP contribution in [-0.4, -0.2) is 12.2 Å². The maximum Gasteiger partial charge on any atom is 0.118 e. The van der Waals surface area contributed by atoms with E-state index < -0.39 is 0 Å². The molecule has 0 aliphatic rings. The fourth-order valence-electron chi connectivity index (χ4n) is 0.736. The Hall–Kier alpha value is -1.02. The van der Waals surface area contributed by atoms with E-state index in [1.165, 1.54) is 7.05 Å². The van der Waals surface area contributed by atoms with Crippen LogP contribution in [0, 0.1) is 13.8 Å². The average molecular weight is 153 g/mol. The van der Waals surface area contributed by atoms with Crippen LogP contribution in [0.15, 0.2) is 18.2 Å². The molecular weight excluding hydrogens is 138 g/mol. The van der Waals surface area contributed by atoms with Gasteiger partial charge in [-0.15, -0.1) is 0 Å². The van der Waals surface area contributed by atoms with Gasteiger partial charge in [0.1, 0.15) is 5.75 Å². The molecule has 0 unspecified atom stereocenters. The van der Waals surface area contributed by atoms with Gasteiger partial charge in [-0.1, -0.05) is 12.1 Å². The summed E-state index contributed by atoms with van der Waals surface area (Å²) < 4.78 is 0. The van der Waals surface area contributed by atoms with Crippen LogP contribution in [0.25, 0.3) is 0 Å². The molecule has 0 aliphatic carbocycles. The predicted octanol–water partition coefficient (Wildman–Crippen LogP) is 1.58. The van der Waals surface area contributed by atoms with E-state index >= 15 is 0 Å². The Kier molecular flexibility index (Phi) is 4.30. The minimum absolute atomic E-state index is 0.384. The maximum atomic E-state index is 9.10. The topological polar surface area (TPSA) is 46.2 Å². The van der Waals surface area contributed by atoms with Gasteiger partial charge in [0.05, 0.1) is 0 Å². The van der Waals surface area contributed by atoms with E-state index in [-0.39, 0.29) is 0 Å². The van der Waals surface area contributed by atoms with E-state index in [0.717, 1.165) is 11.1 Å². The van der Waals surface area contributed by atoms with Gasteiger partial charge in [-0.2, -0.15) is 0 Å². The zero-order chi connectivity index (χ0) is 8.85. The monoisotopic (exact) mass is 153 g/mol. The third-order valence-corrected chi connectivity index (χ3v) is 1.58. The number of hydrogen-bond acceptors (Lipinski definition) is 2.